The van der Waals surface area contributed by atoms with Crippen LogP contribution in [0.15, 0.2) is 54.7 Å². The second kappa shape index (κ2) is 9.99. The van der Waals surface area contributed by atoms with Crippen molar-refractivity contribution in [2.24, 2.45) is 0 Å². The van der Waals surface area contributed by atoms with E-state index in [-0.39, 0.29) is 6.61 Å². The molecule has 1 aliphatic heterocycles. The highest BCUT2D eigenvalue weighted by molar-refractivity contribution is 5.64. The lowest BCUT2D eigenvalue weighted by Crippen LogP contribution is -2.36. The summed E-state index contributed by atoms with van der Waals surface area (Å²) < 4.78 is 11.0. The molecule has 1 aliphatic rings. The number of rotatable bonds is 7. The van der Waals surface area contributed by atoms with Gasteiger partial charge in [-0.3, -0.25) is 0 Å². The van der Waals surface area contributed by atoms with E-state index in [0.717, 1.165) is 43.1 Å². The number of ether oxygens (including phenoxy) is 2. The zero-order chi connectivity index (χ0) is 23.3. The summed E-state index contributed by atoms with van der Waals surface area (Å²) in [4.78, 5) is 11.5. The molecule has 2 aromatic carbocycles. The zero-order valence-corrected chi connectivity index (χ0v) is 19.0. The van der Waals surface area contributed by atoms with Crippen LogP contribution in [-0.2, 0) is 11.2 Å². The first-order valence-corrected chi connectivity index (χ1v) is 11.0. The van der Waals surface area contributed by atoms with Gasteiger partial charge in [-0.05, 0) is 55.8 Å². The van der Waals surface area contributed by atoms with E-state index in [2.05, 4.69) is 40.2 Å². The number of nitrogens with zero attached hydrogens (tertiary/aromatic N) is 4. The molecule has 0 atom stereocenters. The standard InChI is InChI=1S/C26H28N4O3/c1-26(2,31)18-33-24-8-5-20(16-21(24)17-27)23-9-10-28-25(29-23)15-19-3-6-22(7-4-19)30-11-13-32-14-12-30/h3-10,16,31H,11-15,18H2,1-2H3. The fourth-order valence-electron chi connectivity index (χ4n) is 3.63. The lowest BCUT2D eigenvalue weighted by atomic mass is 10.1. The van der Waals surface area contributed by atoms with Gasteiger partial charge in [-0.2, -0.15) is 5.26 Å². The molecule has 1 aromatic heterocycles. The highest BCUT2D eigenvalue weighted by Crippen LogP contribution is 2.26. The van der Waals surface area contributed by atoms with Crippen LogP contribution in [0.5, 0.6) is 5.75 Å². The Balaban J connectivity index is 1.48. The van der Waals surface area contributed by atoms with E-state index in [0.29, 0.717) is 23.6 Å². The Labute approximate surface area is 194 Å². The third-order valence-corrected chi connectivity index (χ3v) is 5.36. The van der Waals surface area contributed by atoms with Crippen molar-refractivity contribution >= 4 is 5.69 Å². The van der Waals surface area contributed by atoms with E-state index in [1.807, 2.05) is 12.1 Å². The van der Waals surface area contributed by atoms with Gasteiger partial charge in [0.2, 0.25) is 0 Å². The molecular formula is C26H28N4O3. The Kier molecular flexibility index (Phi) is 6.87. The van der Waals surface area contributed by atoms with Gasteiger partial charge >= 0.3 is 0 Å². The average Bonchev–Trinajstić information content (AvgIpc) is 2.83. The van der Waals surface area contributed by atoms with Gasteiger partial charge in [0.1, 0.15) is 24.3 Å². The molecule has 1 fully saturated rings. The van der Waals surface area contributed by atoms with Crippen molar-refractivity contribution in [1.29, 1.82) is 5.26 Å². The second-order valence-corrected chi connectivity index (χ2v) is 8.72. The molecule has 0 spiro atoms. The molecule has 0 unspecified atom stereocenters. The van der Waals surface area contributed by atoms with Crippen molar-refractivity contribution in [2.75, 3.05) is 37.8 Å². The van der Waals surface area contributed by atoms with Gasteiger partial charge < -0.3 is 19.5 Å². The van der Waals surface area contributed by atoms with Crippen molar-refractivity contribution in [1.82, 2.24) is 9.97 Å². The van der Waals surface area contributed by atoms with Gasteiger partial charge in [0.15, 0.2) is 0 Å². The fraction of sp³-hybridized carbons (Fsp3) is 0.346. The van der Waals surface area contributed by atoms with Crippen molar-refractivity contribution in [3.8, 4) is 23.1 Å². The molecule has 1 N–H and O–H groups in total. The fourth-order valence-corrected chi connectivity index (χ4v) is 3.63. The first-order valence-electron chi connectivity index (χ1n) is 11.0. The molecule has 0 radical (unpaired) electrons. The molecule has 170 valence electrons. The third-order valence-electron chi connectivity index (χ3n) is 5.36. The average molecular weight is 445 g/mol. The number of hydrogen-bond acceptors (Lipinski definition) is 7. The number of aromatic nitrogens is 2. The molecule has 0 amide bonds. The van der Waals surface area contributed by atoms with Gasteiger partial charge in [0, 0.05) is 37.0 Å². The molecular weight excluding hydrogens is 416 g/mol. The molecule has 2 heterocycles. The predicted molar refractivity (Wildman–Crippen MR) is 126 cm³/mol. The van der Waals surface area contributed by atoms with Gasteiger partial charge in [0.05, 0.1) is 30.1 Å². The zero-order valence-electron chi connectivity index (χ0n) is 19.0. The second-order valence-electron chi connectivity index (χ2n) is 8.72. The minimum Gasteiger partial charge on any atom is -0.489 e. The molecule has 7 heteroatoms. The number of anilines is 1. The van der Waals surface area contributed by atoms with Crippen molar-refractivity contribution < 1.29 is 14.6 Å². The van der Waals surface area contributed by atoms with Gasteiger partial charge in [-0.15, -0.1) is 0 Å². The van der Waals surface area contributed by atoms with Crippen molar-refractivity contribution in [3.05, 3.63) is 71.7 Å². The Morgan fingerprint density at radius 1 is 1.12 bits per heavy atom. The summed E-state index contributed by atoms with van der Waals surface area (Å²) >= 11 is 0. The maximum absolute atomic E-state index is 9.88. The van der Waals surface area contributed by atoms with Crippen LogP contribution in [0.2, 0.25) is 0 Å². The monoisotopic (exact) mass is 444 g/mol. The van der Waals surface area contributed by atoms with Crippen LogP contribution in [0.1, 0.15) is 30.8 Å². The molecule has 7 nitrogen and oxygen atoms in total. The van der Waals surface area contributed by atoms with Gasteiger partial charge in [0.25, 0.3) is 0 Å². The SMILES string of the molecule is CC(C)(O)COc1ccc(-c2ccnc(Cc3ccc(N4CCOCC4)cc3)n2)cc1C#N. The Bertz CT molecular complexity index is 1130. The van der Waals surface area contributed by atoms with Crippen LogP contribution >= 0.6 is 0 Å². The number of benzene rings is 2. The first-order chi connectivity index (χ1) is 15.9. The smallest absolute Gasteiger partial charge is 0.137 e. The minimum absolute atomic E-state index is 0.100. The van der Waals surface area contributed by atoms with Crippen molar-refractivity contribution in [2.45, 2.75) is 25.9 Å². The van der Waals surface area contributed by atoms with Crippen LogP contribution in [0.25, 0.3) is 11.3 Å². The number of nitriles is 1. The molecule has 3 aromatic rings. The summed E-state index contributed by atoms with van der Waals surface area (Å²) in [5.41, 5.74) is 3.32. The summed E-state index contributed by atoms with van der Waals surface area (Å²) in [5.74, 6) is 1.16. The Morgan fingerprint density at radius 3 is 2.58 bits per heavy atom. The van der Waals surface area contributed by atoms with Crippen molar-refractivity contribution in [3.63, 3.8) is 0 Å². The van der Waals surface area contributed by atoms with E-state index >= 15 is 0 Å². The molecule has 4 rings (SSSR count). The molecule has 0 bridgehead atoms. The lowest BCUT2D eigenvalue weighted by Gasteiger charge is -2.28. The van der Waals surface area contributed by atoms with Crippen LogP contribution in [0.4, 0.5) is 5.69 Å². The van der Waals surface area contributed by atoms with E-state index in [1.165, 1.54) is 5.69 Å². The number of hydrogen-bond donors (Lipinski definition) is 1. The van der Waals surface area contributed by atoms with E-state index in [1.54, 1.807) is 32.2 Å². The van der Waals surface area contributed by atoms with Gasteiger partial charge in [-0.25, -0.2) is 9.97 Å². The normalized spacial score (nSPS) is 14.1. The van der Waals surface area contributed by atoms with Crippen LogP contribution in [0.3, 0.4) is 0 Å². The Hall–Kier alpha value is -3.47. The van der Waals surface area contributed by atoms with Crippen LogP contribution < -0.4 is 9.64 Å². The van der Waals surface area contributed by atoms with E-state index < -0.39 is 5.60 Å². The summed E-state index contributed by atoms with van der Waals surface area (Å²) in [6, 6.07) is 17.9. The summed E-state index contributed by atoms with van der Waals surface area (Å²) in [6.07, 6.45) is 2.36. The largest absolute Gasteiger partial charge is 0.489 e. The highest BCUT2D eigenvalue weighted by Gasteiger charge is 2.16. The predicted octanol–water partition coefficient (Wildman–Crippen LogP) is 3.59. The molecule has 0 saturated carbocycles. The van der Waals surface area contributed by atoms with Crippen LogP contribution in [0, 0.1) is 11.3 Å². The minimum atomic E-state index is -0.979. The van der Waals surface area contributed by atoms with E-state index in [9.17, 15) is 10.4 Å². The van der Waals surface area contributed by atoms with E-state index in [4.69, 9.17) is 14.5 Å². The van der Waals surface area contributed by atoms with Gasteiger partial charge in [-0.1, -0.05) is 12.1 Å². The maximum Gasteiger partial charge on any atom is 0.137 e. The quantitative estimate of drug-likeness (QED) is 0.595. The lowest BCUT2D eigenvalue weighted by molar-refractivity contribution is 0.0284. The molecule has 1 saturated heterocycles. The summed E-state index contributed by atoms with van der Waals surface area (Å²) in [7, 11) is 0. The molecule has 33 heavy (non-hydrogen) atoms. The highest BCUT2D eigenvalue weighted by atomic mass is 16.5. The first kappa shape index (κ1) is 22.7. The molecule has 0 aliphatic carbocycles. The topological polar surface area (TPSA) is 91.5 Å². The number of aliphatic hydroxyl groups is 1. The van der Waals surface area contributed by atoms with Crippen LogP contribution in [-0.4, -0.2) is 53.6 Å². The summed E-state index contributed by atoms with van der Waals surface area (Å²) in [5, 5.41) is 19.4. The number of morpholine rings is 1. The summed E-state index contributed by atoms with van der Waals surface area (Å²) in [6.45, 7) is 6.78. The Morgan fingerprint density at radius 2 is 1.88 bits per heavy atom. The third kappa shape index (κ3) is 6.07. The maximum atomic E-state index is 9.88.